The van der Waals surface area contributed by atoms with Crippen molar-refractivity contribution in [1.29, 1.82) is 0 Å². The monoisotopic (exact) mass is 522 g/mol. The lowest BCUT2D eigenvalue weighted by molar-refractivity contribution is -0.440. The first kappa shape index (κ1) is 24.1. The van der Waals surface area contributed by atoms with E-state index in [1.165, 1.54) is 0 Å². The van der Waals surface area contributed by atoms with E-state index < -0.39 is 52.0 Å². The summed E-state index contributed by atoms with van der Waals surface area (Å²) < 4.78 is 163. The average Bonchev–Trinajstić information content (AvgIpc) is 2.35. The average molecular weight is 522 g/mol. The maximum absolute atomic E-state index is 13.2. The lowest BCUT2D eigenvalue weighted by Crippen LogP contribution is -2.70. The molecule has 0 N–H and O–H groups in total. The van der Waals surface area contributed by atoms with Gasteiger partial charge in [0.2, 0.25) is 0 Å². The minimum absolute atomic E-state index is 0.840. The summed E-state index contributed by atoms with van der Waals surface area (Å²) in [6.07, 6.45) is -9.67. The van der Waals surface area contributed by atoms with Crippen molar-refractivity contribution in [2.75, 3.05) is 5.88 Å². The van der Waals surface area contributed by atoms with Gasteiger partial charge in [-0.2, -0.15) is 57.1 Å². The fraction of sp³-hybridized carbons (Fsp3) is 1.00. The summed E-state index contributed by atoms with van der Waals surface area (Å²) in [5.41, 5.74) is 0. The summed E-state index contributed by atoms with van der Waals surface area (Å²) in [6, 6.07) is 0. The van der Waals surface area contributed by atoms with Gasteiger partial charge in [0, 0.05) is 16.2 Å². The quantitative estimate of drug-likeness (QED) is 0.214. The lowest BCUT2D eigenvalue weighted by atomic mass is 9.92. The zero-order valence-electron chi connectivity index (χ0n) is 10.7. The van der Waals surface area contributed by atoms with Crippen molar-refractivity contribution in [3.8, 4) is 0 Å². The Labute approximate surface area is 143 Å². The highest BCUT2D eigenvalue weighted by molar-refractivity contribution is 14.1. The second kappa shape index (κ2) is 6.68. The second-order valence-corrected chi connectivity index (χ2v) is 6.53. The minimum atomic E-state index is -7.85. The van der Waals surface area contributed by atoms with Crippen LogP contribution in [-0.4, -0.2) is 45.6 Å². The molecule has 0 spiro atoms. The van der Waals surface area contributed by atoms with E-state index in [2.05, 4.69) is 0 Å². The topological polar surface area (TPSA) is 0 Å². The Hall–Kier alpha value is 0.110. The molecule has 1 unspecified atom stereocenters. The minimum Gasteiger partial charge on any atom is -0.200 e. The van der Waals surface area contributed by atoms with E-state index >= 15 is 0 Å². The van der Waals surface area contributed by atoms with E-state index in [4.69, 9.17) is 11.6 Å². The molecule has 0 saturated carbocycles. The smallest absolute Gasteiger partial charge is 0.200 e. The van der Waals surface area contributed by atoms with Crippen LogP contribution >= 0.6 is 34.2 Å². The Bertz CT molecular complexity index is 443. The van der Waals surface area contributed by atoms with Crippen molar-refractivity contribution in [3.63, 3.8) is 0 Å². The lowest BCUT2D eigenvalue weighted by Gasteiger charge is -2.40. The largest absolute Gasteiger partial charge is 0.460 e. The van der Waals surface area contributed by atoms with Gasteiger partial charge >= 0.3 is 35.8 Å². The summed E-state index contributed by atoms with van der Waals surface area (Å²) in [4.78, 5) is 0. The van der Waals surface area contributed by atoms with Gasteiger partial charge in [-0.05, 0) is 0 Å². The molecule has 0 aromatic carbocycles. The molecule has 0 aliphatic heterocycles. The van der Waals surface area contributed by atoms with Crippen LogP contribution in [0.1, 0.15) is 6.42 Å². The summed E-state index contributed by atoms with van der Waals surface area (Å²) >= 11 is 5.90. The molecule has 15 heteroatoms. The number of hydrogen-bond donors (Lipinski definition) is 0. The Kier molecular flexibility index (Phi) is 6.72. The van der Waals surface area contributed by atoms with Crippen LogP contribution in [0.25, 0.3) is 0 Å². The van der Waals surface area contributed by atoms with E-state index in [1.807, 2.05) is 0 Å². The Morgan fingerprint density at radius 3 is 1.25 bits per heavy atom. The summed E-state index contributed by atoms with van der Waals surface area (Å²) in [5.74, 6) is -37.4. The van der Waals surface area contributed by atoms with Gasteiger partial charge in [0.15, 0.2) is 0 Å². The maximum atomic E-state index is 13.2. The third-order valence-electron chi connectivity index (χ3n) is 2.64. The summed E-state index contributed by atoms with van der Waals surface area (Å²) in [5, 5.41) is 0. The molecule has 0 rings (SSSR count). The van der Waals surface area contributed by atoms with Crippen molar-refractivity contribution >= 4 is 34.2 Å². The van der Waals surface area contributed by atoms with Crippen molar-refractivity contribution in [2.24, 2.45) is 0 Å². The van der Waals surface area contributed by atoms with Gasteiger partial charge in [0.1, 0.15) is 0 Å². The molecule has 0 heterocycles. The Morgan fingerprint density at radius 2 is 0.958 bits per heavy atom. The van der Waals surface area contributed by atoms with Crippen molar-refractivity contribution in [1.82, 2.24) is 0 Å². The molecule has 24 heavy (non-hydrogen) atoms. The van der Waals surface area contributed by atoms with Gasteiger partial charge < -0.3 is 0 Å². The maximum Gasteiger partial charge on any atom is 0.460 e. The predicted octanol–water partition coefficient (Wildman–Crippen LogP) is 6.16. The first-order chi connectivity index (χ1) is 10.2. The third-order valence-corrected chi connectivity index (χ3v) is 4.42. The van der Waals surface area contributed by atoms with Gasteiger partial charge in [-0.1, -0.05) is 22.6 Å². The summed E-state index contributed by atoms with van der Waals surface area (Å²) in [7, 11) is 0. The highest BCUT2D eigenvalue weighted by atomic mass is 127. The van der Waals surface area contributed by atoms with Gasteiger partial charge in [-0.3, -0.25) is 0 Å². The first-order valence-electron chi connectivity index (χ1n) is 5.36. The molecular weight excluding hydrogens is 517 g/mol. The summed E-state index contributed by atoms with van der Waals surface area (Å²) in [6.45, 7) is 0. The van der Waals surface area contributed by atoms with Gasteiger partial charge in [0.05, 0.1) is 0 Å². The van der Waals surface area contributed by atoms with Crippen LogP contribution in [0.15, 0.2) is 0 Å². The second-order valence-electron chi connectivity index (χ2n) is 4.46. The van der Waals surface area contributed by atoms with E-state index in [0.717, 1.165) is 22.6 Å². The molecule has 0 bridgehead atoms. The van der Waals surface area contributed by atoms with E-state index in [-0.39, 0.29) is 0 Å². The van der Waals surface area contributed by atoms with Gasteiger partial charge in [-0.25, -0.2) is 0 Å². The highest BCUT2D eigenvalue weighted by Crippen LogP contribution is 2.60. The molecule has 0 amide bonds. The van der Waals surface area contributed by atoms with Crippen molar-refractivity contribution < 1.29 is 57.1 Å². The zero-order valence-corrected chi connectivity index (χ0v) is 13.6. The van der Waals surface area contributed by atoms with E-state index in [0.29, 0.717) is 0 Å². The molecule has 0 aliphatic rings. The number of hydrogen-bond acceptors (Lipinski definition) is 0. The van der Waals surface area contributed by atoms with Crippen LogP contribution in [0.5, 0.6) is 0 Å². The van der Waals surface area contributed by atoms with Crippen molar-refractivity contribution in [2.45, 2.75) is 46.1 Å². The van der Waals surface area contributed by atoms with Crippen molar-refractivity contribution in [3.05, 3.63) is 0 Å². The standard InChI is InChI=1S/C9H5ClF13I/c10-2-3(24)1-4(11,12)5(13,14)6(15,16)7(17,18)8(19,20)9(21,22)23/h3H,1-2H2. The predicted molar refractivity (Wildman–Crippen MR) is 63.9 cm³/mol. The molecule has 0 aromatic heterocycles. The number of rotatable bonds is 7. The zero-order chi connectivity index (χ0) is 20.0. The molecule has 146 valence electrons. The first-order valence-corrected chi connectivity index (χ1v) is 7.14. The SMILES string of the molecule is FC(F)(F)C(F)(F)C(F)(F)C(F)(F)C(F)(F)C(F)(F)CC(I)CCl. The van der Waals surface area contributed by atoms with Gasteiger partial charge in [-0.15, -0.1) is 11.6 Å². The fourth-order valence-corrected chi connectivity index (χ4v) is 1.93. The molecule has 0 saturated heterocycles. The van der Waals surface area contributed by atoms with E-state index in [9.17, 15) is 57.1 Å². The molecule has 0 aromatic rings. The molecule has 0 aliphatic carbocycles. The Morgan fingerprint density at radius 1 is 0.625 bits per heavy atom. The van der Waals surface area contributed by atoms with Crippen LogP contribution in [0, 0.1) is 0 Å². The number of alkyl halides is 15. The third kappa shape index (κ3) is 3.63. The van der Waals surface area contributed by atoms with Crippen LogP contribution in [-0.2, 0) is 0 Å². The van der Waals surface area contributed by atoms with Gasteiger partial charge in [0.25, 0.3) is 0 Å². The number of halogens is 15. The van der Waals surface area contributed by atoms with Crippen LogP contribution < -0.4 is 0 Å². The van der Waals surface area contributed by atoms with E-state index in [1.54, 1.807) is 0 Å². The van der Waals surface area contributed by atoms with Crippen LogP contribution in [0.4, 0.5) is 57.1 Å². The normalized spacial score (nSPS) is 17.1. The molecule has 0 fully saturated rings. The van der Waals surface area contributed by atoms with Crippen LogP contribution in [0.2, 0.25) is 0 Å². The van der Waals surface area contributed by atoms with Crippen LogP contribution in [0.3, 0.4) is 0 Å². The fourth-order valence-electron chi connectivity index (χ4n) is 1.26. The highest BCUT2D eigenvalue weighted by Gasteiger charge is 2.90. The molecule has 0 nitrogen and oxygen atoms in total. The molecule has 1 atom stereocenters. The molecule has 0 radical (unpaired) electrons. The Balaban J connectivity index is 6.11. The molecular formula is C9H5ClF13I.